The van der Waals surface area contributed by atoms with Gasteiger partial charge in [-0.3, -0.25) is 4.90 Å². The SMILES string of the molecule is CC(C)n1cc(CN2CCCC2)c2cccc(F)c21. The van der Waals surface area contributed by atoms with Gasteiger partial charge in [-0.1, -0.05) is 12.1 Å². The third-order valence-corrected chi connectivity index (χ3v) is 4.03. The average molecular weight is 260 g/mol. The summed E-state index contributed by atoms with van der Waals surface area (Å²) in [6.45, 7) is 7.49. The quantitative estimate of drug-likeness (QED) is 0.811. The van der Waals surface area contributed by atoms with Gasteiger partial charge >= 0.3 is 0 Å². The van der Waals surface area contributed by atoms with Crippen LogP contribution in [-0.2, 0) is 6.54 Å². The molecule has 1 aliphatic rings. The number of fused-ring (bicyclic) bond motifs is 1. The highest BCUT2D eigenvalue weighted by atomic mass is 19.1. The van der Waals surface area contributed by atoms with Crippen molar-refractivity contribution in [1.82, 2.24) is 9.47 Å². The Morgan fingerprint density at radius 3 is 2.63 bits per heavy atom. The molecule has 1 saturated heterocycles. The van der Waals surface area contributed by atoms with Crippen molar-refractivity contribution < 1.29 is 4.39 Å². The Hall–Kier alpha value is -1.35. The fraction of sp³-hybridized carbons (Fsp3) is 0.500. The van der Waals surface area contributed by atoms with Gasteiger partial charge in [0.1, 0.15) is 5.82 Å². The Bertz CT molecular complexity index is 580. The first-order valence-corrected chi connectivity index (χ1v) is 7.17. The van der Waals surface area contributed by atoms with Crippen LogP contribution < -0.4 is 0 Å². The summed E-state index contributed by atoms with van der Waals surface area (Å²) in [4.78, 5) is 2.46. The van der Waals surface area contributed by atoms with E-state index in [1.807, 2.05) is 12.1 Å². The molecule has 0 aliphatic carbocycles. The van der Waals surface area contributed by atoms with Crippen molar-refractivity contribution in [3.63, 3.8) is 0 Å². The molecule has 3 heteroatoms. The Morgan fingerprint density at radius 1 is 1.21 bits per heavy atom. The standard InChI is InChI=1S/C16H21FN2/c1-12(2)19-11-13(10-18-8-3-4-9-18)14-6-5-7-15(17)16(14)19/h5-7,11-12H,3-4,8-10H2,1-2H3. The molecule has 1 fully saturated rings. The fourth-order valence-corrected chi connectivity index (χ4v) is 3.05. The maximum absolute atomic E-state index is 14.1. The summed E-state index contributed by atoms with van der Waals surface area (Å²) in [6, 6.07) is 5.70. The largest absolute Gasteiger partial charge is 0.342 e. The first-order valence-electron chi connectivity index (χ1n) is 7.17. The van der Waals surface area contributed by atoms with E-state index in [2.05, 4.69) is 29.5 Å². The second kappa shape index (κ2) is 4.97. The molecule has 102 valence electrons. The highest BCUT2D eigenvalue weighted by molar-refractivity contribution is 5.84. The highest BCUT2D eigenvalue weighted by Gasteiger charge is 2.18. The smallest absolute Gasteiger partial charge is 0.147 e. The third kappa shape index (κ3) is 2.27. The molecule has 2 aromatic rings. The lowest BCUT2D eigenvalue weighted by Crippen LogP contribution is -2.18. The summed E-state index contributed by atoms with van der Waals surface area (Å²) in [6.07, 6.45) is 4.71. The van der Waals surface area contributed by atoms with Crippen LogP contribution in [0.4, 0.5) is 4.39 Å². The third-order valence-electron chi connectivity index (χ3n) is 4.03. The van der Waals surface area contributed by atoms with Crippen molar-refractivity contribution >= 4 is 10.9 Å². The molecule has 0 unspecified atom stereocenters. The van der Waals surface area contributed by atoms with E-state index < -0.39 is 0 Å². The molecule has 0 atom stereocenters. The molecule has 0 radical (unpaired) electrons. The second-order valence-corrected chi connectivity index (χ2v) is 5.77. The molecule has 3 rings (SSSR count). The van der Waals surface area contributed by atoms with Gasteiger partial charge in [0.2, 0.25) is 0 Å². The van der Waals surface area contributed by atoms with Gasteiger partial charge in [-0.15, -0.1) is 0 Å². The average Bonchev–Trinajstić information content (AvgIpc) is 2.99. The number of hydrogen-bond donors (Lipinski definition) is 0. The normalized spacial score (nSPS) is 16.8. The van der Waals surface area contributed by atoms with Gasteiger partial charge in [0.15, 0.2) is 0 Å². The lowest BCUT2D eigenvalue weighted by atomic mass is 10.1. The van der Waals surface area contributed by atoms with E-state index in [0.717, 1.165) is 17.4 Å². The van der Waals surface area contributed by atoms with Gasteiger partial charge in [0.25, 0.3) is 0 Å². The number of halogens is 1. The molecule has 0 bridgehead atoms. The van der Waals surface area contributed by atoms with Crippen LogP contribution in [0, 0.1) is 5.82 Å². The minimum Gasteiger partial charge on any atom is -0.342 e. The minimum atomic E-state index is -0.112. The van der Waals surface area contributed by atoms with E-state index in [-0.39, 0.29) is 11.9 Å². The number of para-hydroxylation sites is 1. The molecular formula is C16H21FN2. The number of hydrogen-bond acceptors (Lipinski definition) is 1. The van der Waals surface area contributed by atoms with Gasteiger partial charge in [-0.2, -0.15) is 0 Å². The number of likely N-dealkylation sites (tertiary alicyclic amines) is 1. The summed E-state index contributed by atoms with van der Waals surface area (Å²) in [7, 11) is 0. The maximum atomic E-state index is 14.1. The van der Waals surface area contributed by atoms with E-state index in [4.69, 9.17) is 0 Å². The van der Waals surface area contributed by atoms with Crippen LogP contribution in [0.1, 0.15) is 38.3 Å². The van der Waals surface area contributed by atoms with E-state index in [9.17, 15) is 4.39 Å². The zero-order valence-corrected chi connectivity index (χ0v) is 11.7. The highest BCUT2D eigenvalue weighted by Crippen LogP contribution is 2.28. The predicted molar refractivity (Wildman–Crippen MR) is 76.8 cm³/mol. The maximum Gasteiger partial charge on any atom is 0.147 e. The van der Waals surface area contributed by atoms with Crippen molar-refractivity contribution in [3.05, 3.63) is 35.8 Å². The lowest BCUT2D eigenvalue weighted by Gasteiger charge is -2.13. The van der Waals surface area contributed by atoms with E-state index >= 15 is 0 Å². The molecule has 1 aliphatic heterocycles. The first-order chi connectivity index (χ1) is 9.16. The van der Waals surface area contributed by atoms with Gasteiger partial charge in [0, 0.05) is 24.2 Å². The summed E-state index contributed by atoms with van der Waals surface area (Å²) >= 11 is 0. The monoisotopic (exact) mass is 260 g/mol. The van der Waals surface area contributed by atoms with Crippen molar-refractivity contribution in [2.24, 2.45) is 0 Å². The lowest BCUT2D eigenvalue weighted by molar-refractivity contribution is 0.332. The molecule has 2 nitrogen and oxygen atoms in total. The zero-order valence-electron chi connectivity index (χ0n) is 11.7. The van der Waals surface area contributed by atoms with Crippen molar-refractivity contribution in [3.8, 4) is 0 Å². The molecule has 0 N–H and O–H groups in total. The molecule has 0 spiro atoms. The second-order valence-electron chi connectivity index (χ2n) is 5.77. The van der Waals surface area contributed by atoms with E-state index in [1.165, 1.54) is 31.5 Å². The van der Waals surface area contributed by atoms with Crippen LogP contribution in [-0.4, -0.2) is 22.6 Å². The summed E-state index contributed by atoms with van der Waals surface area (Å²) < 4.78 is 16.2. The molecule has 1 aromatic carbocycles. The van der Waals surface area contributed by atoms with Crippen LogP contribution in [0.5, 0.6) is 0 Å². The van der Waals surface area contributed by atoms with Gasteiger partial charge in [0.05, 0.1) is 5.52 Å². The van der Waals surface area contributed by atoms with Crippen molar-refractivity contribution in [2.75, 3.05) is 13.1 Å². The van der Waals surface area contributed by atoms with Crippen LogP contribution in [0.2, 0.25) is 0 Å². The van der Waals surface area contributed by atoms with E-state index in [1.54, 1.807) is 6.07 Å². The molecule has 0 saturated carbocycles. The first kappa shape index (κ1) is 12.7. The Balaban J connectivity index is 2.06. The van der Waals surface area contributed by atoms with E-state index in [0.29, 0.717) is 0 Å². The van der Waals surface area contributed by atoms with Crippen LogP contribution >= 0.6 is 0 Å². The Morgan fingerprint density at radius 2 is 1.95 bits per heavy atom. The van der Waals surface area contributed by atoms with Crippen LogP contribution in [0.25, 0.3) is 10.9 Å². The number of rotatable bonds is 3. The summed E-state index contributed by atoms with van der Waals surface area (Å²) in [5, 5.41) is 1.07. The van der Waals surface area contributed by atoms with Crippen molar-refractivity contribution in [1.29, 1.82) is 0 Å². The Labute approximate surface area is 113 Å². The van der Waals surface area contributed by atoms with Crippen LogP contribution in [0.15, 0.2) is 24.4 Å². The zero-order chi connectivity index (χ0) is 13.4. The summed E-state index contributed by atoms with van der Waals surface area (Å²) in [5.74, 6) is -0.112. The van der Waals surface area contributed by atoms with Gasteiger partial charge in [-0.05, 0) is 51.4 Å². The minimum absolute atomic E-state index is 0.112. The number of benzene rings is 1. The number of nitrogens with zero attached hydrogens (tertiary/aromatic N) is 2. The molecule has 2 heterocycles. The molecule has 1 aromatic heterocycles. The van der Waals surface area contributed by atoms with Gasteiger partial charge < -0.3 is 4.57 Å². The Kier molecular flexibility index (Phi) is 3.31. The topological polar surface area (TPSA) is 8.17 Å². The van der Waals surface area contributed by atoms with Crippen LogP contribution in [0.3, 0.4) is 0 Å². The fourth-order valence-electron chi connectivity index (χ4n) is 3.05. The molecule has 0 amide bonds. The predicted octanol–water partition coefficient (Wildman–Crippen LogP) is 3.96. The summed E-state index contributed by atoms with van der Waals surface area (Å²) in [5.41, 5.74) is 2.01. The number of aromatic nitrogens is 1. The van der Waals surface area contributed by atoms with Crippen molar-refractivity contribution in [2.45, 2.75) is 39.3 Å². The van der Waals surface area contributed by atoms with Gasteiger partial charge in [-0.25, -0.2) is 4.39 Å². The molecule has 19 heavy (non-hydrogen) atoms. The molecular weight excluding hydrogens is 239 g/mol.